The average molecular weight is 379 g/mol. The molecule has 9 heteroatoms. The number of halogens is 3. The van der Waals surface area contributed by atoms with Crippen LogP contribution in [0.3, 0.4) is 0 Å². The SMILES string of the molecule is CN(C(=O)Nc1ncc(Oc2c(F)cccc2F)s1)c1cccc(F)c1. The number of ether oxygens (including phenoxy) is 1. The topological polar surface area (TPSA) is 54.5 Å². The van der Waals surface area contributed by atoms with Crippen LogP contribution in [-0.2, 0) is 0 Å². The maximum atomic E-state index is 13.6. The van der Waals surface area contributed by atoms with E-state index >= 15 is 0 Å². The van der Waals surface area contributed by atoms with Crippen LogP contribution in [0.25, 0.3) is 0 Å². The van der Waals surface area contributed by atoms with Gasteiger partial charge in [0.05, 0.1) is 6.20 Å². The van der Waals surface area contributed by atoms with Crippen molar-refractivity contribution >= 4 is 28.2 Å². The summed E-state index contributed by atoms with van der Waals surface area (Å²) >= 11 is 0.890. The number of rotatable bonds is 4. The van der Waals surface area contributed by atoms with Gasteiger partial charge in [-0.3, -0.25) is 10.2 Å². The molecule has 2 amide bonds. The summed E-state index contributed by atoms with van der Waals surface area (Å²) in [5.74, 6) is -2.73. The Morgan fingerprint density at radius 3 is 2.54 bits per heavy atom. The maximum absolute atomic E-state index is 13.6. The minimum atomic E-state index is -0.852. The van der Waals surface area contributed by atoms with Crippen LogP contribution in [0, 0.1) is 17.5 Å². The van der Waals surface area contributed by atoms with Crippen LogP contribution < -0.4 is 15.0 Å². The third kappa shape index (κ3) is 3.94. The van der Waals surface area contributed by atoms with Gasteiger partial charge < -0.3 is 4.74 Å². The fraction of sp³-hybridized carbons (Fsp3) is 0.0588. The first-order chi connectivity index (χ1) is 12.4. The fourth-order valence-electron chi connectivity index (χ4n) is 2.02. The number of benzene rings is 2. The second-order valence-electron chi connectivity index (χ2n) is 5.11. The van der Waals surface area contributed by atoms with Crippen molar-refractivity contribution in [2.75, 3.05) is 17.3 Å². The molecule has 0 aliphatic heterocycles. The Morgan fingerprint density at radius 1 is 1.15 bits per heavy atom. The van der Waals surface area contributed by atoms with Gasteiger partial charge in [-0.05, 0) is 30.3 Å². The van der Waals surface area contributed by atoms with Crippen LogP contribution in [0.1, 0.15) is 0 Å². The van der Waals surface area contributed by atoms with E-state index in [9.17, 15) is 18.0 Å². The molecule has 0 radical (unpaired) electrons. The van der Waals surface area contributed by atoms with Crippen molar-refractivity contribution in [1.82, 2.24) is 4.98 Å². The fourth-order valence-corrected chi connectivity index (χ4v) is 2.69. The lowest BCUT2D eigenvalue weighted by Crippen LogP contribution is -2.31. The molecule has 0 saturated heterocycles. The summed E-state index contributed by atoms with van der Waals surface area (Å²) in [5, 5.41) is 2.75. The highest BCUT2D eigenvalue weighted by Gasteiger charge is 2.16. The Bertz CT molecular complexity index is 928. The second kappa shape index (κ2) is 7.44. The van der Waals surface area contributed by atoms with E-state index in [2.05, 4.69) is 10.3 Å². The van der Waals surface area contributed by atoms with E-state index in [-0.39, 0.29) is 10.2 Å². The van der Waals surface area contributed by atoms with E-state index in [1.54, 1.807) is 6.07 Å². The monoisotopic (exact) mass is 379 g/mol. The standard InChI is InChI=1S/C17H12F3N3O2S/c1-23(11-5-2-4-10(18)8-11)17(24)22-16-21-9-14(26-16)25-15-12(19)6-3-7-13(15)20/h2-9H,1H3,(H,21,22,24). The molecule has 0 fully saturated rings. The zero-order valence-corrected chi connectivity index (χ0v) is 14.2. The Kier molecular flexibility index (Phi) is 5.08. The number of urea groups is 1. The highest BCUT2D eigenvalue weighted by molar-refractivity contribution is 7.17. The first-order valence-electron chi connectivity index (χ1n) is 7.32. The van der Waals surface area contributed by atoms with Crippen molar-refractivity contribution in [3.05, 3.63) is 66.1 Å². The van der Waals surface area contributed by atoms with E-state index < -0.39 is 29.2 Å². The summed E-state index contributed by atoms with van der Waals surface area (Å²) < 4.78 is 45.6. The molecule has 26 heavy (non-hydrogen) atoms. The maximum Gasteiger partial charge on any atom is 0.327 e. The molecular formula is C17H12F3N3O2S. The minimum Gasteiger partial charge on any atom is -0.439 e. The lowest BCUT2D eigenvalue weighted by atomic mass is 10.3. The quantitative estimate of drug-likeness (QED) is 0.692. The molecule has 0 atom stereocenters. The zero-order valence-electron chi connectivity index (χ0n) is 13.4. The number of carbonyl (C=O) groups excluding carboxylic acids is 1. The normalized spacial score (nSPS) is 10.5. The third-order valence-electron chi connectivity index (χ3n) is 3.32. The Labute approximate surface area is 150 Å². The average Bonchev–Trinajstić information content (AvgIpc) is 3.04. The van der Waals surface area contributed by atoms with Gasteiger partial charge in [0.1, 0.15) is 5.82 Å². The lowest BCUT2D eigenvalue weighted by molar-refractivity contribution is 0.258. The van der Waals surface area contributed by atoms with Crippen LogP contribution in [0.15, 0.2) is 48.7 Å². The number of para-hydroxylation sites is 1. The number of aromatic nitrogens is 1. The molecule has 0 unspecified atom stereocenters. The molecule has 5 nitrogen and oxygen atoms in total. The van der Waals surface area contributed by atoms with Crippen molar-refractivity contribution in [2.45, 2.75) is 0 Å². The molecule has 134 valence electrons. The van der Waals surface area contributed by atoms with E-state index in [0.717, 1.165) is 23.5 Å². The molecule has 0 spiro atoms. The van der Waals surface area contributed by atoms with Gasteiger partial charge in [-0.2, -0.15) is 0 Å². The minimum absolute atomic E-state index is 0.0951. The Morgan fingerprint density at radius 2 is 1.85 bits per heavy atom. The molecule has 3 rings (SSSR count). The van der Waals surface area contributed by atoms with Crippen molar-refractivity contribution in [2.24, 2.45) is 0 Å². The van der Waals surface area contributed by atoms with Crippen molar-refractivity contribution < 1.29 is 22.7 Å². The predicted molar refractivity (Wildman–Crippen MR) is 92.4 cm³/mol. The number of carbonyl (C=O) groups is 1. The number of anilines is 2. The number of nitrogens with one attached hydrogen (secondary N) is 1. The number of hydrogen-bond donors (Lipinski definition) is 1. The molecule has 0 bridgehead atoms. The molecule has 1 aromatic heterocycles. The van der Waals surface area contributed by atoms with Gasteiger partial charge in [0.2, 0.25) is 5.06 Å². The summed E-state index contributed by atoms with van der Waals surface area (Å²) in [6.07, 6.45) is 1.23. The van der Waals surface area contributed by atoms with Crippen molar-refractivity contribution in [3.8, 4) is 10.8 Å². The van der Waals surface area contributed by atoms with Gasteiger partial charge in [0, 0.05) is 12.7 Å². The summed E-state index contributed by atoms with van der Waals surface area (Å²) in [7, 11) is 1.46. The van der Waals surface area contributed by atoms with Gasteiger partial charge in [0.15, 0.2) is 22.5 Å². The second-order valence-corrected chi connectivity index (χ2v) is 6.10. The van der Waals surface area contributed by atoms with E-state index in [4.69, 9.17) is 4.74 Å². The summed E-state index contributed by atoms with van der Waals surface area (Å²) in [6, 6.07) is 8.31. The molecule has 0 aliphatic carbocycles. The first-order valence-corrected chi connectivity index (χ1v) is 8.13. The molecule has 0 saturated carbocycles. The van der Waals surface area contributed by atoms with Gasteiger partial charge in [-0.25, -0.2) is 22.9 Å². The Balaban J connectivity index is 1.69. The number of thiazole rings is 1. The molecule has 3 aromatic rings. The number of hydrogen-bond acceptors (Lipinski definition) is 4. The highest BCUT2D eigenvalue weighted by Crippen LogP contribution is 2.33. The summed E-state index contributed by atoms with van der Waals surface area (Å²) in [4.78, 5) is 17.3. The largest absolute Gasteiger partial charge is 0.439 e. The first kappa shape index (κ1) is 17.7. The predicted octanol–water partition coefficient (Wildman–Crippen LogP) is 5.02. The summed E-state index contributed by atoms with van der Waals surface area (Å²) in [6.45, 7) is 0. The smallest absolute Gasteiger partial charge is 0.327 e. The number of nitrogens with zero attached hydrogens (tertiary/aromatic N) is 2. The van der Waals surface area contributed by atoms with Gasteiger partial charge in [-0.1, -0.05) is 23.5 Å². The molecule has 1 heterocycles. The van der Waals surface area contributed by atoms with Gasteiger partial charge in [-0.15, -0.1) is 0 Å². The summed E-state index contributed by atoms with van der Waals surface area (Å²) in [5.41, 5.74) is 0.351. The molecule has 1 N–H and O–H groups in total. The number of amides is 2. The van der Waals surface area contributed by atoms with Gasteiger partial charge >= 0.3 is 6.03 Å². The zero-order chi connectivity index (χ0) is 18.7. The van der Waals surface area contributed by atoms with Gasteiger partial charge in [0.25, 0.3) is 0 Å². The molecule has 0 aliphatic rings. The van der Waals surface area contributed by atoms with Crippen molar-refractivity contribution in [1.29, 1.82) is 0 Å². The van der Waals surface area contributed by atoms with E-state index in [1.807, 2.05) is 0 Å². The Hall–Kier alpha value is -3.07. The van der Waals surface area contributed by atoms with Crippen LogP contribution in [0.5, 0.6) is 10.8 Å². The van der Waals surface area contributed by atoms with Crippen LogP contribution in [0.4, 0.5) is 28.8 Å². The van der Waals surface area contributed by atoms with Crippen LogP contribution in [0.2, 0.25) is 0 Å². The van der Waals surface area contributed by atoms with Crippen LogP contribution in [-0.4, -0.2) is 18.1 Å². The van der Waals surface area contributed by atoms with E-state index in [1.165, 1.54) is 42.4 Å². The van der Waals surface area contributed by atoms with Crippen LogP contribution >= 0.6 is 11.3 Å². The molecular weight excluding hydrogens is 367 g/mol. The van der Waals surface area contributed by atoms with E-state index in [0.29, 0.717) is 5.69 Å². The highest BCUT2D eigenvalue weighted by atomic mass is 32.1. The molecule has 2 aromatic carbocycles. The third-order valence-corrected chi connectivity index (χ3v) is 4.11. The lowest BCUT2D eigenvalue weighted by Gasteiger charge is -2.16. The van der Waals surface area contributed by atoms with Crippen molar-refractivity contribution in [3.63, 3.8) is 0 Å².